The van der Waals surface area contributed by atoms with Gasteiger partial charge in [-0.3, -0.25) is 14.6 Å². The van der Waals surface area contributed by atoms with E-state index in [0.717, 1.165) is 5.56 Å². The molecule has 19 heavy (non-hydrogen) atoms. The summed E-state index contributed by atoms with van der Waals surface area (Å²) in [5, 5.41) is 9.03. The van der Waals surface area contributed by atoms with Gasteiger partial charge >= 0.3 is 5.97 Å². The summed E-state index contributed by atoms with van der Waals surface area (Å²) in [5.41, 5.74) is 0.845. The Morgan fingerprint density at radius 2 is 2.32 bits per heavy atom. The Kier molecular flexibility index (Phi) is 3.94. The highest BCUT2D eigenvalue weighted by Gasteiger charge is 2.37. The standard InChI is InChI=1S/C14H16N2O3/c1-10-12(14(18)19)6-8-16(10)13(17)5-4-11-3-2-7-15-9-11/h2-5,7,9-10,12H,6,8H2,1H3,(H,18,19). The van der Waals surface area contributed by atoms with Crippen LogP contribution in [0.4, 0.5) is 0 Å². The molecule has 1 saturated heterocycles. The molecular weight excluding hydrogens is 244 g/mol. The molecule has 1 aromatic heterocycles. The van der Waals surface area contributed by atoms with Crippen LogP contribution in [0.25, 0.3) is 6.08 Å². The molecule has 5 nitrogen and oxygen atoms in total. The molecule has 0 spiro atoms. The van der Waals surface area contributed by atoms with Gasteiger partial charge < -0.3 is 10.0 Å². The zero-order chi connectivity index (χ0) is 13.8. The fraction of sp³-hybridized carbons (Fsp3) is 0.357. The minimum atomic E-state index is -0.834. The molecule has 5 heteroatoms. The molecule has 1 aromatic rings. The topological polar surface area (TPSA) is 70.5 Å². The number of rotatable bonds is 3. The van der Waals surface area contributed by atoms with Crippen molar-refractivity contribution in [2.24, 2.45) is 5.92 Å². The van der Waals surface area contributed by atoms with Crippen molar-refractivity contribution in [1.29, 1.82) is 0 Å². The SMILES string of the molecule is CC1C(C(=O)O)CCN1C(=O)C=Cc1cccnc1. The number of aromatic nitrogens is 1. The van der Waals surface area contributed by atoms with E-state index < -0.39 is 11.9 Å². The maximum Gasteiger partial charge on any atom is 0.308 e. The average molecular weight is 260 g/mol. The van der Waals surface area contributed by atoms with E-state index in [1.165, 1.54) is 6.08 Å². The van der Waals surface area contributed by atoms with Gasteiger partial charge in [-0.1, -0.05) is 6.07 Å². The van der Waals surface area contributed by atoms with Crippen LogP contribution in [-0.2, 0) is 9.59 Å². The van der Waals surface area contributed by atoms with Crippen LogP contribution in [-0.4, -0.2) is 39.5 Å². The normalized spacial score (nSPS) is 22.9. The number of carbonyl (C=O) groups excluding carboxylic acids is 1. The van der Waals surface area contributed by atoms with Crippen LogP contribution in [0.2, 0.25) is 0 Å². The molecule has 100 valence electrons. The lowest BCUT2D eigenvalue weighted by molar-refractivity contribution is -0.142. The Balaban J connectivity index is 2.02. The van der Waals surface area contributed by atoms with Crippen molar-refractivity contribution in [3.05, 3.63) is 36.2 Å². The highest BCUT2D eigenvalue weighted by Crippen LogP contribution is 2.24. The Morgan fingerprint density at radius 1 is 1.53 bits per heavy atom. The number of likely N-dealkylation sites (tertiary alicyclic amines) is 1. The molecule has 2 unspecified atom stereocenters. The Hall–Kier alpha value is -2.17. The zero-order valence-corrected chi connectivity index (χ0v) is 10.7. The maximum absolute atomic E-state index is 12.0. The van der Waals surface area contributed by atoms with Crippen molar-refractivity contribution >= 4 is 18.0 Å². The number of carboxylic acids is 1. The van der Waals surface area contributed by atoms with E-state index in [1.807, 2.05) is 6.07 Å². The number of hydrogen-bond donors (Lipinski definition) is 1. The summed E-state index contributed by atoms with van der Waals surface area (Å²) in [7, 11) is 0. The minimum absolute atomic E-state index is 0.153. The number of nitrogens with zero attached hydrogens (tertiary/aromatic N) is 2. The molecule has 2 heterocycles. The summed E-state index contributed by atoms with van der Waals surface area (Å²) in [5.74, 6) is -1.45. The maximum atomic E-state index is 12.0. The van der Waals surface area contributed by atoms with E-state index in [2.05, 4.69) is 4.98 Å². The van der Waals surface area contributed by atoms with Gasteiger partial charge in [-0.15, -0.1) is 0 Å². The van der Waals surface area contributed by atoms with Crippen molar-refractivity contribution < 1.29 is 14.7 Å². The van der Waals surface area contributed by atoms with Gasteiger partial charge in [-0.2, -0.15) is 0 Å². The van der Waals surface area contributed by atoms with Crippen LogP contribution < -0.4 is 0 Å². The fourth-order valence-corrected chi connectivity index (χ4v) is 2.32. The quantitative estimate of drug-likeness (QED) is 0.834. The summed E-state index contributed by atoms with van der Waals surface area (Å²) in [6, 6.07) is 3.39. The van der Waals surface area contributed by atoms with Crippen LogP contribution in [0.5, 0.6) is 0 Å². The Labute approximate surface area is 111 Å². The number of hydrogen-bond acceptors (Lipinski definition) is 3. The van der Waals surface area contributed by atoms with Crippen molar-refractivity contribution in [3.63, 3.8) is 0 Å². The van der Waals surface area contributed by atoms with E-state index >= 15 is 0 Å². The molecule has 0 saturated carbocycles. The largest absolute Gasteiger partial charge is 0.481 e. The summed E-state index contributed by atoms with van der Waals surface area (Å²) in [6.07, 6.45) is 7.01. The van der Waals surface area contributed by atoms with E-state index in [0.29, 0.717) is 13.0 Å². The summed E-state index contributed by atoms with van der Waals surface area (Å²) < 4.78 is 0. The molecule has 1 aliphatic rings. The predicted molar refractivity (Wildman–Crippen MR) is 70.2 cm³/mol. The molecule has 0 radical (unpaired) electrons. The summed E-state index contributed by atoms with van der Waals surface area (Å²) >= 11 is 0. The highest BCUT2D eigenvalue weighted by molar-refractivity contribution is 5.92. The lowest BCUT2D eigenvalue weighted by Crippen LogP contribution is -2.36. The lowest BCUT2D eigenvalue weighted by Gasteiger charge is -2.21. The van der Waals surface area contributed by atoms with Gasteiger partial charge in [0, 0.05) is 31.1 Å². The van der Waals surface area contributed by atoms with Crippen LogP contribution >= 0.6 is 0 Å². The monoisotopic (exact) mass is 260 g/mol. The minimum Gasteiger partial charge on any atom is -0.481 e. The van der Waals surface area contributed by atoms with Gasteiger partial charge in [-0.05, 0) is 31.1 Å². The molecule has 1 aliphatic heterocycles. The second-order valence-corrected chi connectivity index (χ2v) is 4.63. The second-order valence-electron chi connectivity index (χ2n) is 4.63. The van der Waals surface area contributed by atoms with Crippen LogP contribution in [0.3, 0.4) is 0 Å². The van der Waals surface area contributed by atoms with E-state index in [4.69, 9.17) is 5.11 Å². The third-order valence-corrected chi connectivity index (χ3v) is 3.46. The molecule has 1 N–H and O–H groups in total. The molecule has 0 aromatic carbocycles. The number of aliphatic carboxylic acids is 1. The third kappa shape index (κ3) is 2.99. The molecule has 0 aliphatic carbocycles. The van der Waals surface area contributed by atoms with Crippen molar-refractivity contribution in [2.45, 2.75) is 19.4 Å². The van der Waals surface area contributed by atoms with E-state index in [1.54, 1.807) is 36.4 Å². The first-order valence-corrected chi connectivity index (χ1v) is 6.21. The predicted octanol–water partition coefficient (Wildman–Crippen LogP) is 1.42. The lowest BCUT2D eigenvalue weighted by atomic mass is 10.0. The molecule has 2 atom stereocenters. The smallest absolute Gasteiger partial charge is 0.308 e. The van der Waals surface area contributed by atoms with E-state index in [-0.39, 0.29) is 11.9 Å². The average Bonchev–Trinajstić information content (AvgIpc) is 2.79. The second kappa shape index (κ2) is 5.65. The van der Waals surface area contributed by atoms with Gasteiger partial charge in [0.2, 0.25) is 5.91 Å². The molecular formula is C14H16N2O3. The summed E-state index contributed by atoms with van der Waals surface area (Å²) in [6.45, 7) is 2.27. The first-order chi connectivity index (χ1) is 9.09. The van der Waals surface area contributed by atoms with Crippen LogP contribution in [0, 0.1) is 5.92 Å². The molecule has 1 amide bonds. The highest BCUT2D eigenvalue weighted by atomic mass is 16.4. The van der Waals surface area contributed by atoms with E-state index in [9.17, 15) is 9.59 Å². The number of carbonyl (C=O) groups is 2. The fourth-order valence-electron chi connectivity index (χ4n) is 2.32. The molecule has 1 fully saturated rings. The third-order valence-electron chi connectivity index (χ3n) is 3.46. The molecule has 0 bridgehead atoms. The Morgan fingerprint density at radius 3 is 2.89 bits per heavy atom. The van der Waals surface area contributed by atoms with Crippen molar-refractivity contribution in [1.82, 2.24) is 9.88 Å². The Bertz CT molecular complexity index is 499. The molecule has 2 rings (SSSR count). The van der Waals surface area contributed by atoms with Crippen LogP contribution in [0.15, 0.2) is 30.6 Å². The number of amides is 1. The summed E-state index contributed by atoms with van der Waals surface area (Å²) in [4.78, 5) is 28.6. The van der Waals surface area contributed by atoms with Crippen molar-refractivity contribution in [2.75, 3.05) is 6.54 Å². The van der Waals surface area contributed by atoms with Gasteiger partial charge in [-0.25, -0.2) is 0 Å². The van der Waals surface area contributed by atoms with Gasteiger partial charge in [0.1, 0.15) is 0 Å². The first kappa shape index (κ1) is 13.3. The van der Waals surface area contributed by atoms with Gasteiger partial charge in [0.15, 0.2) is 0 Å². The van der Waals surface area contributed by atoms with Crippen LogP contribution in [0.1, 0.15) is 18.9 Å². The first-order valence-electron chi connectivity index (χ1n) is 6.21. The zero-order valence-electron chi connectivity index (χ0n) is 10.7. The van der Waals surface area contributed by atoms with Gasteiger partial charge in [0.25, 0.3) is 0 Å². The van der Waals surface area contributed by atoms with Crippen molar-refractivity contribution in [3.8, 4) is 0 Å². The van der Waals surface area contributed by atoms with Gasteiger partial charge in [0.05, 0.1) is 5.92 Å². The number of carboxylic acid groups (broad SMARTS) is 1. The number of pyridine rings is 1.